The summed E-state index contributed by atoms with van der Waals surface area (Å²) in [5.74, 6) is 0.842. The highest BCUT2D eigenvalue weighted by molar-refractivity contribution is 7.90. The summed E-state index contributed by atoms with van der Waals surface area (Å²) < 4.78 is 24.0. The van der Waals surface area contributed by atoms with Crippen LogP contribution in [0.2, 0.25) is 0 Å². The lowest BCUT2D eigenvalue weighted by molar-refractivity contribution is 0.102. The van der Waals surface area contributed by atoms with E-state index in [1.54, 1.807) is 30.3 Å². The van der Waals surface area contributed by atoms with Crippen molar-refractivity contribution in [3.8, 4) is 0 Å². The van der Waals surface area contributed by atoms with Crippen molar-refractivity contribution in [3.63, 3.8) is 0 Å². The Kier molecular flexibility index (Phi) is 4.78. The highest BCUT2D eigenvalue weighted by Gasteiger charge is 2.40. The molecule has 2 atom stereocenters. The minimum absolute atomic E-state index is 0.188. The van der Waals surface area contributed by atoms with Gasteiger partial charge in [-0.25, -0.2) is 8.42 Å². The monoisotopic (exact) mass is 384 g/mol. The molecule has 5 nitrogen and oxygen atoms in total. The van der Waals surface area contributed by atoms with Gasteiger partial charge in [0.15, 0.2) is 9.84 Å². The largest absolute Gasteiger partial charge is 0.322 e. The lowest BCUT2D eigenvalue weighted by atomic mass is 10.1. The van der Waals surface area contributed by atoms with Gasteiger partial charge in [0.25, 0.3) is 5.91 Å². The fourth-order valence-electron chi connectivity index (χ4n) is 3.38. The average molecular weight is 385 g/mol. The molecule has 0 heterocycles. The third-order valence-corrected chi connectivity index (χ3v) is 6.40. The molecule has 2 saturated carbocycles. The Morgan fingerprint density at radius 1 is 1.11 bits per heavy atom. The Morgan fingerprint density at radius 2 is 1.85 bits per heavy atom. The molecule has 2 N–H and O–H groups in total. The Hall–Kier alpha value is -2.18. The van der Waals surface area contributed by atoms with Gasteiger partial charge in [0, 0.05) is 29.5 Å². The highest BCUT2D eigenvalue weighted by Crippen LogP contribution is 2.45. The Balaban J connectivity index is 1.57. The summed E-state index contributed by atoms with van der Waals surface area (Å²) in [6.45, 7) is 1.03. The molecule has 2 aliphatic rings. The number of rotatable bonds is 7. The van der Waals surface area contributed by atoms with Gasteiger partial charge >= 0.3 is 0 Å². The molecule has 2 aromatic rings. The number of carbonyl (C=O) groups is 1. The summed E-state index contributed by atoms with van der Waals surface area (Å²) in [6.07, 6.45) is 4.77. The molecule has 142 valence electrons. The summed E-state index contributed by atoms with van der Waals surface area (Å²) in [4.78, 5) is 12.8. The normalized spacial score (nSPS) is 21.7. The zero-order chi connectivity index (χ0) is 19.0. The van der Waals surface area contributed by atoms with E-state index in [1.807, 2.05) is 18.2 Å². The van der Waals surface area contributed by atoms with Gasteiger partial charge in [-0.2, -0.15) is 0 Å². The molecule has 6 heteroatoms. The van der Waals surface area contributed by atoms with Crippen molar-refractivity contribution < 1.29 is 13.2 Å². The number of anilines is 1. The lowest BCUT2D eigenvalue weighted by Crippen LogP contribution is -2.21. The van der Waals surface area contributed by atoms with Crippen LogP contribution in [0.25, 0.3) is 0 Å². The predicted molar refractivity (Wildman–Crippen MR) is 106 cm³/mol. The maximum absolute atomic E-state index is 12.6. The second kappa shape index (κ2) is 7.09. The predicted octanol–water partition coefficient (Wildman–Crippen LogP) is 3.20. The maximum Gasteiger partial charge on any atom is 0.255 e. The molecule has 0 bridgehead atoms. The van der Waals surface area contributed by atoms with Crippen LogP contribution in [0.5, 0.6) is 0 Å². The van der Waals surface area contributed by atoms with Crippen molar-refractivity contribution in [1.29, 1.82) is 0 Å². The number of amides is 1. The fraction of sp³-hybridized carbons (Fsp3) is 0.381. The van der Waals surface area contributed by atoms with E-state index in [2.05, 4.69) is 10.6 Å². The quantitative estimate of drug-likeness (QED) is 0.769. The van der Waals surface area contributed by atoms with Crippen LogP contribution in [-0.4, -0.2) is 33.2 Å². The molecule has 2 unspecified atom stereocenters. The molecular formula is C21H24N2O3S. The zero-order valence-electron chi connectivity index (χ0n) is 15.3. The molecule has 0 saturated heterocycles. The average Bonchev–Trinajstić information content (AvgIpc) is 3.54. The van der Waals surface area contributed by atoms with E-state index in [0.29, 0.717) is 22.2 Å². The topological polar surface area (TPSA) is 75.3 Å². The first-order chi connectivity index (χ1) is 12.9. The summed E-state index contributed by atoms with van der Waals surface area (Å²) >= 11 is 0. The van der Waals surface area contributed by atoms with Gasteiger partial charge < -0.3 is 10.6 Å². The molecule has 1 amide bonds. The van der Waals surface area contributed by atoms with Gasteiger partial charge in [0.2, 0.25) is 0 Å². The fourth-order valence-corrected chi connectivity index (χ4v) is 4.04. The van der Waals surface area contributed by atoms with Gasteiger partial charge in [0.05, 0.1) is 4.90 Å². The molecule has 27 heavy (non-hydrogen) atoms. The standard InChI is InChI=1S/C21H24N2O3S/c1-27(25,26)16-9-10-19(23-21(24)15-5-3-2-4-6-15)17(11-16)18-12-20(18)22-13-14-7-8-14/h2-6,9-11,14,18,20,22H,7-8,12-13H2,1H3,(H,23,24). The smallest absolute Gasteiger partial charge is 0.255 e. The zero-order valence-corrected chi connectivity index (χ0v) is 16.1. The number of hydrogen-bond donors (Lipinski definition) is 2. The number of benzene rings is 2. The molecule has 0 radical (unpaired) electrons. The first-order valence-electron chi connectivity index (χ1n) is 9.35. The van der Waals surface area contributed by atoms with E-state index in [0.717, 1.165) is 24.4 Å². The van der Waals surface area contributed by atoms with Crippen LogP contribution in [0.15, 0.2) is 53.4 Å². The summed E-state index contributed by atoms with van der Waals surface area (Å²) in [6, 6.07) is 14.4. The molecule has 0 aliphatic heterocycles. The highest BCUT2D eigenvalue weighted by atomic mass is 32.2. The minimum Gasteiger partial charge on any atom is -0.322 e. The van der Waals surface area contributed by atoms with Gasteiger partial charge in [-0.05, 0) is 67.6 Å². The van der Waals surface area contributed by atoms with E-state index < -0.39 is 9.84 Å². The number of nitrogens with one attached hydrogen (secondary N) is 2. The second-order valence-corrected chi connectivity index (χ2v) is 9.66. The van der Waals surface area contributed by atoms with Crippen LogP contribution in [0, 0.1) is 5.92 Å². The van der Waals surface area contributed by atoms with Crippen LogP contribution in [0.4, 0.5) is 5.69 Å². The van der Waals surface area contributed by atoms with E-state index >= 15 is 0 Å². The van der Waals surface area contributed by atoms with Crippen molar-refractivity contribution in [2.45, 2.75) is 36.1 Å². The van der Waals surface area contributed by atoms with Crippen LogP contribution in [0.3, 0.4) is 0 Å². The van der Waals surface area contributed by atoms with Crippen LogP contribution in [-0.2, 0) is 9.84 Å². The van der Waals surface area contributed by atoms with Crippen molar-refractivity contribution in [2.75, 3.05) is 18.1 Å². The van der Waals surface area contributed by atoms with Crippen molar-refractivity contribution >= 4 is 21.4 Å². The van der Waals surface area contributed by atoms with Crippen LogP contribution < -0.4 is 10.6 Å². The first kappa shape index (κ1) is 18.2. The summed E-state index contributed by atoms with van der Waals surface area (Å²) in [7, 11) is -3.29. The summed E-state index contributed by atoms with van der Waals surface area (Å²) in [5.41, 5.74) is 2.17. The molecule has 4 rings (SSSR count). The minimum atomic E-state index is -3.29. The van der Waals surface area contributed by atoms with Crippen molar-refractivity contribution in [2.24, 2.45) is 5.92 Å². The third-order valence-electron chi connectivity index (χ3n) is 5.29. The SMILES string of the molecule is CS(=O)(=O)c1ccc(NC(=O)c2ccccc2)c(C2CC2NCC2CC2)c1. The molecule has 2 fully saturated rings. The molecule has 2 aliphatic carbocycles. The van der Waals surface area contributed by atoms with Crippen LogP contribution in [0.1, 0.15) is 41.1 Å². The Labute approximate surface area is 160 Å². The Morgan fingerprint density at radius 3 is 2.52 bits per heavy atom. The van der Waals surface area contributed by atoms with E-state index in [4.69, 9.17) is 0 Å². The number of sulfone groups is 1. The van der Waals surface area contributed by atoms with E-state index in [9.17, 15) is 13.2 Å². The second-order valence-electron chi connectivity index (χ2n) is 7.64. The van der Waals surface area contributed by atoms with E-state index in [-0.39, 0.29) is 11.8 Å². The molecule has 2 aromatic carbocycles. The van der Waals surface area contributed by atoms with Gasteiger partial charge in [-0.15, -0.1) is 0 Å². The van der Waals surface area contributed by atoms with Crippen molar-refractivity contribution in [1.82, 2.24) is 5.32 Å². The summed E-state index contributed by atoms with van der Waals surface area (Å²) in [5, 5.41) is 6.54. The molecule has 0 aromatic heterocycles. The lowest BCUT2D eigenvalue weighted by Gasteiger charge is -2.13. The van der Waals surface area contributed by atoms with E-state index in [1.165, 1.54) is 19.1 Å². The molecular weight excluding hydrogens is 360 g/mol. The Bertz CT molecular complexity index is 953. The maximum atomic E-state index is 12.6. The third kappa shape index (κ3) is 4.39. The van der Waals surface area contributed by atoms with Crippen molar-refractivity contribution in [3.05, 3.63) is 59.7 Å². The van der Waals surface area contributed by atoms with Crippen LogP contribution >= 0.6 is 0 Å². The van der Waals surface area contributed by atoms with Gasteiger partial charge in [-0.1, -0.05) is 18.2 Å². The van der Waals surface area contributed by atoms with Gasteiger partial charge in [0.1, 0.15) is 0 Å². The number of carbonyl (C=O) groups excluding carboxylic acids is 1. The van der Waals surface area contributed by atoms with Gasteiger partial charge in [-0.3, -0.25) is 4.79 Å². The number of hydrogen-bond acceptors (Lipinski definition) is 4. The molecule has 0 spiro atoms. The first-order valence-corrected chi connectivity index (χ1v) is 11.2.